The zero-order valence-electron chi connectivity index (χ0n) is 12.1. The molecular weight excluding hydrogens is 254 g/mol. The molecule has 0 radical (unpaired) electrons. The fraction of sp³-hybridized carbons (Fsp3) is 0.533. The second-order valence-electron chi connectivity index (χ2n) is 5.61. The van der Waals surface area contributed by atoms with Crippen molar-refractivity contribution >= 4 is 17.3 Å². The first-order valence-electron chi connectivity index (χ1n) is 7.02. The van der Waals surface area contributed by atoms with E-state index in [-0.39, 0.29) is 18.6 Å². The molecule has 1 amide bonds. The standard InChI is InChI=1S/C15H23N3O2/c1-10-3-4-12(7-13(10)16)17-15(20)8-18-6-5-11(2)14(18)9-19/h3-4,7,11,14,19H,5-6,8-9,16H2,1-2H3,(H,17,20). The summed E-state index contributed by atoms with van der Waals surface area (Å²) < 4.78 is 0. The van der Waals surface area contributed by atoms with Crippen molar-refractivity contribution in [1.29, 1.82) is 0 Å². The van der Waals surface area contributed by atoms with E-state index in [9.17, 15) is 9.90 Å². The van der Waals surface area contributed by atoms with Gasteiger partial charge in [0.2, 0.25) is 5.91 Å². The van der Waals surface area contributed by atoms with Crippen LogP contribution in [0.5, 0.6) is 0 Å². The predicted molar refractivity (Wildman–Crippen MR) is 80.4 cm³/mol. The number of likely N-dealkylation sites (tertiary alicyclic amines) is 1. The number of aliphatic hydroxyl groups is 1. The Labute approximate surface area is 119 Å². The Bertz CT molecular complexity index is 490. The van der Waals surface area contributed by atoms with Crippen molar-refractivity contribution in [1.82, 2.24) is 4.90 Å². The van der Waals surface area contributed by atoms with Crippen molar-refractivity contribution in [3.05, 3.63) is 23.8 Å². The number of carbonyl (C=O) groups is 1. The maximum Gasteiger partial charge on any atom is 0.238 e. The Balaban J connectivity index is 1.94. The molecule has 0 aliphatic carbocycles. The zero-order chi connectivity index (χ0) is 14.7. The number of nitrogens with one attached hydrogen (secondary N) is 1. The third-order valence-corrected chi connectivity index (χ3v) is 4.09. The molecule has 1 fully saturated rings. The number of carbonyl (C=O) groups excluding carboxylic acids is 1. The van der Waals surface area contributed by atoms with Crippen LogP contribution in [0.25, 0.3) is 0 Å². The topological polar surface area (TPSA) is 78.6 Å². The van der Waals surface area contributed by atoms with Crippen LogP contribution in [0, 0.1) is 12.8 Å². The van der Waals surface area contributed by atoms with Crippen LogP contribution in [0.3, 0.4) is 0 Å². The molecule has 1 saturated heterocycles. The van der Waals surface area contributed by atoms with Gasteiger partial charge in [-0.1, -0.05) is 13.0 Å². The van der Waals surface area contributed by atoms with E-state index in [1.165, 1.54) is 0 Å². The summed E-state index contributed by atoms with van der Waals surface area (Å²) in [5.41, 5.74) is 8.21. The molecule has 110 valence electrons. The van der Waals surface area contributed by atoms with Gasteiger partial charge < -0.3 is 16.2 Å². The second kappa shape index (κ2) is 6.24. The number of benzene rings is 1. The fourth-order valence-corrected chi connectivity index (χ4v) is 2.68. The molecule has 2 unspecified atom stereocenters. The Kier molecular flexibility index (Phi) is 4.62. The Morgan fingerprint density at radius 1 is 1.55 bits per heavy atom. The summed E-state index contributed by atoms with van der Waals surface area (Å²) in [5.74, 6) is 0.364. The second-order valence-corrected chi connectivity index (χ2v) is 5.61. The highest BCUT2D eigenvalue weighted by Crippen LogP contribution is 2.23. The SMILES string of the molecule is Cc1ccc(NC(=O)CN2CCC(C)C2CO)cc1N. The molecule has 1 aromatic carbocycles. The Hall–Kier alpha value is -1.59. The normalized spacial score (nSPS) is 22.9. The van der Waals surface area contributed by atoms with Crippen molar-refractivity contribution in [2.45, 2.75) is 26.3 Å². The van der Waals surface area contributed by atoms with Crippen LogP contribution < -0.4 is 11.1 Å². The number of rotatable bonds is 4. The molecule has 1 aliphatic rings. The molecule has 1 aliphatic heterocycles. The maximum atomic E-state index is 12.1. The molecule has 1 aromatic rings. The number of amides is 1. The minimum absolute atomic E-state index is 0.0687. The fourth-order valence-electron chi connectivity index (χ4n) is 2.68. The minimum Gasteiger partial charge on any atom is -0.398 e. The molecule has 20 heavy (non-hydrogen) atoms. The van der Waals surface area contributed by atoms with Crippen LogP contribution in [0.2, 0.25) is 0 Å². The molecule has 5 nitrogen and oxygen atoms in total. The van der Waals surface area contributed by atoms with E-state index in [0.717, 1.165) is 18.5 Å². The predicted octanol–water partition coefficient (Wildman–Crippen LogP) is 1.22. The van der Waals surface area contributed by atoms with Crippen LogP contribution in [-0.2, 0) is 4.79 Å². The van der Waals surface area contributed by atoms with Crippen molar-refractivity contribution in [2.75, 3.05) is 30.7 Å². The number of nitrogens with zero attached hydrogens (tertiary/aromatic N) is 1. The lowest BCUT2D eigenvalue weighted by molar-refractivity contribution is -0.117. The van der Waals surface area contributed by atoms with Crippen LogP contribution in [0.15, 0.2) is 18.2 Å². The Morgan fingerprint density at radius 3 is 2.95 bits per heavy atom. The molecule has 2 rings (SSSR count). The van der Waals surface area contributed by atoms with Gasteiger partial charge >= 0.3 is 0 Å². The van der Waals surface area contributed by atoms with E-state index < -0.39 is 0 Å². The third kappa shape index (κ3) is 3.29. The molecule has 0 bridgehead atoms. The maximum absolute atomic E-state index is 12.1. The molecule has 2 atom stereocenters. The van der Waals surface area contributed by atoms with Crippen LogP contribution >= 0.6 is 0 Å². The van der Waals surface area contributed by atoms with Gasteiger partial charge in [0.25, 0.3) is 0 Å². The van der Waals surface area contributed by atoms with Crippen molar-refractivity contribution < 1.29 is 9.90 Å². The van der Waals surface area contributed by atoms with E-state index in [1.807, 2.05) is 24.0 Å². The first-order valence-corrected chi connectivity index (χ1v) is 7.02. The van der Waals surface area contributed by atoms with E-state index >= 15 is 0 Å². The first-order chi connectivity index (χ1) is 9.51. The van der Waals surface area contributed by atoms with Gasteiger partial charge in [0.05, 0.1) is 13.2 Å². The summed E-state index contributed by atoms with van der Waals surface area (Å²) in [5, 5.41) is 12.2. The zero-order valence-corrected chi connectivity index (χ0v) is 12.1. The number of nitrogens with two attached hydrogens (primary N) is 1. The smallest absolute Gasteiger partial charge is 0.238 e. The monoisotopic (exact) mass is 277 g/mol. The van der Waals surface area contributed by atoms with E-state index in [2.05, 4.69) is 12.2 Å². The van der Waals surface area contributed by atoms with Crippen molar-refractivity contribution in [3.63, 3.8) is 0 Å². The molecule has 4 N–H and O–H groups in total. The van der Waals surface area contributed by atoms with Gasteiger partial charge in [0.15, 0.2) is 0 Å². The summed E-state index contributed by atoms with van der Waals surface area (Å²) >= 11 is 0. The molecule has 1 heterocycles. The average Bonchev–Trinajstić information content (AvgIpc) is 2.74. The van der Waals surface area contributed by atoms with E-state index in [0.29, 0.717) is 23.8 Å². The van der Waals surface area contributed by atoms with Crippen LogP contribution in [0.1, 0.15) is 18.9 Å². The molecular formula is C15H23N3O2. The number of aliphatic hydroxyl groups excluding tert-OH is 1. The summed E-state index contributed by atoms with van der Waals surface area (Å²) in [7, 11) is 0. The van der Waals surface area contributed by atoms with Gasteiger partial charge in [-0.25, -0.2) is 0 Å². The van der Waals surface area contributed by atoms with Gasteiger partial charge in [-0.15, -0.1) is 0 Å². The van der Waals surface area contributed by atoms with E-state index in [1.54, 1.807) is 6.07 Å². The molecule has 5 heteroatoms. The van der Waals surface area contributed by atoms with Crippen LogP contribution in [0.4, 0.5) is 11.4 Å². The summed E-state index contributed by atoms with van der Waals surface area (Å²) in [4.78, 5) is 14.1. The highest BCUT2D eigenvalue weighted by molar-refractivity contribution is 5.92. The van der Waals surface area contributed by atoms with Gasteiger partial charge in [-0.05, 0) is 43.5 Å². The lowest BCUT2D eigenvalue weighted by atomic mass is 10.0. The summed E-state index contributed by atoms with van der Waals surface area (Å²) in [6.07, 6.45) is 1.02. The molecule has 0 aromatic heterocycles. The van der Waals surface area contributed by atoms with Gasteiger partial charge in [-0.3, -0.25) is 9.69 Å². The summed E-state index contributed by atoms with van der Waals surface area (Å²) in [6.45, 7) is 5.31. The number of aryl methyl sites for hydroxylation is 1. The van der Waals surface area contributed by atoms with Gasteiger partial charge in [-0.2, -0.15) is 0 Å². The molecule has 0 spiro atoms. The van der Waals surface area contributed by atoms with Gasteiger partial charge in [0, 0.05) is 17.4 Å². The van der Waals surface area contributed by atoms with Crippen molar-refractivity contribution in [2.24, 2.45) is 5.92 Å². The van der Waals surface area contributed by atoms with Crippen LogP contribution in [-0.4, -0.2) is 41.7 Å². The lowest BCUT2D eigenvalue weighted by Crippen LogP contribution is -2.40. The summed E-state index contributed by atoms with van der Waals surface area (Å²) in [6, 6.07) is 5.59. The number of hydrogen-bond acceptors (Lipinski definition) is 4. The highest BCUT2D eigenvalue weighted by atomic mass is 16.3. The minimum atomic E-state index is -0.0687. The number of hydrogen-bond donors (Lipinski definition) is 3. The lowest BCUT2D eigenvalue weighted by Gasteiger charge is -2.24. The van der Waals surface area contributed by atoms with Gasteiger partial charge in [0.1, 0.15) is 0 Å². The molecule has 0 saturated carbocycles. The Morgan fingerprint density at radius 2 is 2.30 bits per heavy atom. The third-order valence-electron chi connectivity index (χ3n) is 4.09. The van der Waals surface area contributed by atoms with Crippen molar-refractivity contribution in [3.8, 4) is 0 Å². The number of nitrogen functional groups attached to an aromatic ring is 1. The largest absolute Gasteiger partial charge is 0.398 e. The quantitative estimate of drug-likeness (QED) is 0.723. The first kappa shape index (κ1) is 14.8. The number of anilines is 2. The average molecular weight is 277 g/mol. The van der Waals surface area contributed by atoms with E-state index in [4.69, 9.17) is 5.73 Å². The highest BCUT2D eigenvalue weighted by Gasteiger charge is 2.31.